The van der Waals surface area contributed by atoms with E-state index in [-0.39, 0.29) is 5.91 Å². The lowest BCUT2D eigenvalue weighted by Gasteiger charge is -2.13. The molecule has 1 N–H and O–H groups in total. The summed E-state index contributed by atoms with van der Waals surface area (Å²) in [4.78, 5) is 16.2. The van der Waals surface area contributed by atoms with Crippen molar-refractivity contribution in [2.45, 2.75) is 33.7 Å². The molecular weight excluding hydrogens is 246 g/mol. The van der Waals surface area contributed by atoms with E-state index in [1.807, 2.05) is 25.3 Å². The highest BCUT2D eigenvalue weighted by Crippen LogP contribution is 2.21. The van der Waals surface area contributed by atoms with Gasteiger partial charge < -0.3 is 4.57 Å². The van der Waals surface area contributed by atoms with E-state index >= 15 is 0 Å². The van der Waals surface area contributed by atoms with Crippen molar-refractivity contribution in [3.63, 3.8) is 0 Å². The number of amides is 1. The molecule has 2 aromatic rings. The van der Waals surface area contributed by atoms with Gasteiger partial charge in [-0.15, -0.1) is 11.3 Å². The summed E-state index contributed by atoms with van der Waals surface area (Å²) in [5.41, 5.74) is 2.82. The summed E-state index contributed by atoms with van der Waals surface area (Å²) in [5.74, 6) is -0.0926. The van der Waals surface area contributed by atoms with Crippen LogP contribution < -0.4 is 5.32 Å². The molecule has 0 aliphatic heterocycles. The number of carbonyl (C=O) groups excluding carboxylic acids is 1. The maximum Gasteiger partial charge on any atom is 0.259 e. The first-order valence-corrected chi connectivity index (χ1v) is 6.78. The monoisotopic (exact) mass is 263 g/mol. The lowest BCUT2D eigenvalue weighted by molar-refractivity contribution is 0.102. The Morgan fingerprint density at radius 3 is 2.67 bits per heavy atom. The molecule has 5 heteroatoms. The van der Waals surface area contributed by atoms with Crippen molar-refractivity contribution >= 4 is 22.4 Å². The molecule has 2 heterocycles. The maximum absolute atomic E-state index is 12.2. The first-order chi connectivity index (χ1) is 8.50. The quantitative estimate of drug-likeness (QED) is 0.922. The van der Waals surface area contributed by atoms with Crippen LogP contribution in [0.2, 0.25) is 0 Å². The van der Waals surface area contributed by atoms with Crippen molar-refractivity contribution in [1.82, 2.24) is 9.55 Å². The maximum atomic E-state index is 12.2. The third kappa shape index (κ3) is 2.31. The van der Waals surface area contributed by atoms with Gasteiger partial charge in [0.15, 0.2) is 5.13 Å². The van der Waals surface area contributed by atoms with Crippen LogP contribution >= 0.6 is 11.3 Å². The summed E-state index contributed by atoms with van der Waals surface area (Å²) >= 11 is 1.42. The molecule has 0 aromatic carbocycles. The molecule has 4 nitrogen and oxygen atoms in total. The molecule has 0 aliphatic carbocycles. The van der Waals surface area contributed by atoms with Gasteiger partial charge in [0, 0.05) is 29.0 Å². The molecule has 0 atom stereocenters. The van der Waals surface area contributed by atoms with Gasteiger partial charge in [0.25, 0.3) is 5.91 Å². The molecule has 0 saturated heterocycles. The van der Waals surface area contributed by atoms with E-state index in [9.17, 15) is 4.79 Å². The number of hydrogen-bond donors (Lipinski definition) is 1. The molecule has 0 saturated carbocycles. The van der Waals surface area contributed by atoms with E-state index in [0.29, 0.717) is 11.2 Å². The van der Waals surface area contributed by atoms with Crippen LogP contribution in [-0.4, -0.2) is 15.5 Å². The standard InChI is InChI=1S/C13H17N3OS/c1-8(2)16-9(3)7-11(10(16)4)12(17)15-13-14-5-6-18-13/h5-8H,1-4H3,(H,14,15,17). The van der Waals surface area contributed by atoms with Crippen LogP contribution in [0.4, 0.5) is 5.13 Å². The Morgan fingerprint density at radius 1 is 1.44 bits per heavy atom. The Bertz CT molecular complexity index is 555. The van der Waals surface area contributed by atoms with E-state index in [0.717, 1.165) is 17.0 Å². The highest BCUT2D eigenvalue weighted by atomic mass is 32.1. The van der Waals surface area contributed by atoms with Crippen molar-refractivity contribution < 1.29 is 4.79 Å². The van der Waals surface area contributed by atoms with Crippen LogP contribution in [0, 0.1) is 13.8 Å². The Balaban J connectivity index is 2.29. The van der Waals surface area contributed by atoms with Gasteiger partial charge in [-0.1, -0.05) is 0 Å². The number of thiazole rings is 1. The van der Waals surface area contributed by atoms with E-state index in [1.165, 1.54) is 11.3 Å². The Labute approximate surface area is 111 Å². The fraction of sp³-hybridized carbons (Fsp3) is 0.385. The van der Waals surface area contributed by atoms with Crippen LogP contribution in [0.3, 0.4) is 0 Å². The lowest BCUT2D eigenvalue weighted by atomic mass is 10.2. The normalized spacial score (nSPS) is 10.9. The van der Waals surface area contributed by atoms with Crippen LogP contribution in [0.1, 0.15) is 41.6 Å². The predicted molar refractivity (Wildman–Crippen MR) is 74.4 cm³/mol. The molecule has 0 aliphatic rings. The van der Waals surface area contributed by atoms with Crippen molar-refractivity contribution in [3.8, 4) is 0 Å². The molecule has 2 rings (SSSR count). The smallest absolute Gasteiger partial charge is 0.259 e. The molecular formula is C13H17N3OS. The van der Waals surface area contributed by atoms with Crippen molar-refractivity contribution in [1.29, 1.82) is 0 Å². The van der Waals surface area contributed by atoms with Crippen LogP contribution in [0.15, 0.2) is 17.6 Å². The summed E-state index contributed by atoms with van der Waals surface area (Å²) in [6.45, 7) is 8.22. The first-order valence-electron chi connectivity index (χ1n) is 5.90. The van der Waals surface area contributed by atoms with Gasteiger partial charge in [-0.2, -0.15) is 0 Å². The van der Waals surface area contributed by atoms with Crippen LogP contribution in [-0.2, 0) is 0 Å². The molecule has 0 fully saturated rings. The second-order valence-electron chi connectivity index (χ2n) is 4.54. The van der Waals surface area contributed by atoms with Gasteiger partial charge >= 0.3 is 0 Å². The van der Waals surface area contributed by atoms with Crippen LogP contribution in [0.5, 0.6) is 0 Å². The molecule has 96 valence electrons. The molecule has 0 unspecified atom stereocenters. The second kappa shape index (κ2) is 4.94. The number of nitrogens with zero attached hydrogens (tertiary/aromatic N) is 2. The zero-order chi connectivity index (χ0) is 13.3. The number of hydrogen-bond acceptors (Lipinski definition) is 3. The topological polar surface area (TPSA) is 46.9 Å². The SMILES string of the molecule is Cc1cc(C(=O)Nc2nccs2)c(C)n1C(C)C. The predicted octanol–water partition coefficient (Wildman–Crippen LogP) is 3.39. The summed E-state index contributed by atoms with van der Waals surface area (Å²) in [6, 6.07) is 2.28. The van der Waals surface area contributed by atoms with E-state index in [1.54, 1.807) is 6.20 Å². The van der Waals surface area contributed by atoms with E-state index < -0.39 is 0 Å². The second-order valence-corrected chi connectivity index (χ2v) is 5.43. The first kappa shape index (κ1) is 12.8. The largest absolute Gasteiger partial charge is 0.346 e. The summed E-state index contributed by atoms with van der Waals surface area (Å²) < 4.78 is 2.16. The fourth-order valence-electron chi connectivity index (χ4n) is 2.25. The van der Waals surface area contributed by atoms with E-state index in [4.69, 9.17) is 0 Å². The van der Waals surface area contributed by atoms with Gasteiger partial charge in [-0.3, -0.25) is 10.1 Å². The molecule has 0 radical (unpaired) electrons. The van der Waals surface area contributed by atoms with Crippen molar-refractivity contribution in [2.24, 2.45) is 0 Å². The number of anilines is 1. The molecule has 1 amide bonds. The summed E-state index contributed by atoms with van der Waals surface area (Å²) in [6.07, 6.45) is 1.68. The number of rotatable bonds is 3. The van der Waals surface area contributed by atoms with Gasteiger partial charge in [0.1, 0.15) is 0 Å². The fourth-order valence-corrected chi connectivity index (χ4v) is 2.78. The minimum Gasteiger partial charge on any atom is -0.346 e. The number of aryl methyl sites for hydroxylation is 1. The summed E-state index contributed by atoms with van der Waals surface area (Å²) in [5, 5.41) is 5.29. The molecule has 2 aromatic heterocycles. The van der Waals surface area contributed by atoms with Gasteiger partial charge in [0.05, 0.1) is 5.56 Å². The number of aromatic nitrogens is 2. The van der Waals surface area contributed by atoms with E-state index in [2.05, 4.69) is 28.7 Å². The van der Waals surface area contributed by atoms with Gasteiger partial charge in [-0.05, 0) is 33.8 Å². The number of nitrogens with one attached hydrogen (secondary N) is 1. The van der Waals surface area contributed by atoms with Crippen molar-refractivity contribution in [3.05, 3.63) is 34.6 Å². The average molecular weight is 263 g/mol. The molecule has 18 heavy (non-hydrogen) atoms. The third-order valence-corrected chi connectivity index (χ3v) is 3.59. The third-order valence-electron chi connectivity index (χ3n) is 2.90. The van der Waals surface area contributed by atoms with Crippen molar-refractivity contribution in [2.75, 3.05) is 5.32 Å². The average Bonchev–Trinajstić information content (AvgIpc) is 2.86. The highest BCUT2D eigenvalue weighted by molar-refractivity contribution is 7.13. The minimum atomic E-state index is -0.0926. The summed E-state index contributed by atoms with van der Waals surface area (Å²) in [7, 11) is 0. The minimum absolute atomic E-state index is 0.0926. The molecule has 0 bridgehead atoms. The zero-order valence-electron chi connectivity index (χ0n) is 11.0. The zero-order valence-corrected chi connectivity index (χ0v) is 11.8. The van der Waals surface area contributed by atoms with Crippen LogP contribution in [0.25, 0.3) is 0 Å². The Morgan fingerprint density at radius 2 is 2.17 bits per heavy atom. The Kier molecular flexibility index (Phi) is 3.52. The Hall–Kier alpha value is -1.62. The molecule has 0 spiro atoms. The van der Waals surface area contributed by atoms with Gasteiger partial charge in [0.2, 0.25) is 0 Å². The number of carbonyl (C=O) groups is 1. The highest BCUT2D eigenvalue weighted by Gasteiger charge is 2.17. The van der Waals surface area contributed by atoms with Gasteiger partial charge in [-0.25, -0.2) is 4.98 Å². The lowest BCUT2D eigenvalue weighted by Crippen LogP contribution is -2.13.